The van der Waals surface area contributed by atoms with E-state index in [1.165, 1.54) is 22.7 Å². The van der Waals surface area contributed by atoms with Gasteiger partial charge in [0.1, 0.15) is 17.6 Å². The number of halogens is 1. The fourth-order valence-corrected chi connectivity index (χ4v) is 4.66. The molecule has 3 aromatic rings. The minimum atomic E-state index is -0.757. The van der Waals surface area contributed by atoms with E-state index in [0.717, 1.165) is 23.3 Å². The van der Waals surface area contributed by atoms with Crippen LogP contribution in [0.5, 0.6) is 5.75 Å². The van der Waals surface area contributed by atoms with Crippen molar-refractivity contribution in [3.8, 4) is 5.75 Å². The van der Waals surface area contributed by atoms with Gasteiger partial charge >= 0.3 is 0 Å². The minimum absolute atomic E-state index is 0.0195. The van der Waals surface area contributed by atoms with E-state index in [1.54, 1.807) is 25.3 Å². The molecule has 3 rings (SSSR count). The maximum Gasteiger partial charge on any atom is 0.243 e. The number of methoxy groups -OCH3 is 1. The van der Waals surface area contributed by atoms with Crippen molar-refractivity contribution in [1.82, 2.24) is 10.2 Å². The molecule has 7 heteroatoms. The molecular weight excluding hydrogens is 475 g/mol. The van der Waals surface area contributed by atoms with Crippen molar-refractivity contribution in [2.75, 3.05) is 19.4 Å². The number of hydrogen-bond donors (Lipinski definition) is 1. The topological polar surface area (TPSA) is 58.6 Å². The van der Waals surface area contributed by atoms with Crippen molar-refractivity contribution in [3.05, 3.63) is 101 Å². The highest BCUT2D eigenvalue weighted by molar-refractivity contribution is 7.99. The van der Waals surface area contributed by atoms with Gasteiger partial charge in [0, 0.05) is 30.8 Å². The highest BCUT2D eigenvalue weighted by Crippen LogP contribution is 2.20. The van der Waals surface area contributed by atoms with Gasteiger partial charge in [-0.25, -0.2) is 4.39 Å². The highest BCUT2D eigenvalue weighted by Gasteiger charge is 2.30. The highest BCUT2D eigenvalue weighted by atomic mass is 32.2. The van der Waals surface area contributed by atoms with E-state index in [4.69, 9.17) is 4.74 Å². The van der Waals surface area contributed by atoms with Gasteiger partial charge in [-0.3, -0.25) is 9.59 Å². The molecule has 190 valence electrons. The van der Waals surface area contributed by atoms with E-state index in [2.05, 4.69) is 5.32 Å². The lowest BCUT2D eigenvalue weighted by molar-refractivity contribution is -0.139. The normalized spacial score (nSPS) is 11.5. The van der Waals surface area contributed by atoms with Gasteiger partial charge in [0.15, 0.2) is 0 Å². The third-order valence-electron chi connectivity index (χ3n) is 5.77. The summed E-state index contributed by atoms with van der Waals surface area (Å²) in [6.45, 7) is 2.51. The predicted molar refractivity (Wildman–Crippen MR) is 143 cm³/mol. The number of carbonyl (C=O) groups excluding carboxylic acids is 2. The van der Waals surface area contributed by atoms with Gasteiger partial charge in [-0.1, -0.05) is 67.6 Å². The molecule has 0 aromatic heterocycles. The second-order valence-corrected chi connectivity index (χ2v) is 9.44. The Morgan fingerprint density at radius 3 is 2.33 bits per heavy atom. The molecule has 36 heavy (non-hydrogen) atoms. The lowest BCUT2D eigenvalue weighted by atomic mass is 10.0. The minimum Gasteiger partial charge on any atom is -0.497 e. The lowest BCUT2D eigenvalue weighted by Gasteiger charge is -2.31. The molecule has 1 atom stereocenters. The van der Waals surface area contributed by atoms with Gasteiger partial charge in [0.25, 0.3) is 0 Å². The Kier molecular flexibility index (Phi) is 10.8. The van der Waals surface area contributed by atoms with E-state index in [0.29, 0.717) is 24.3 Å². The number of amides is 2. The van der Waals surface area contributed by atoms with E-state index in [-0.39, 0.29) is 24.1 Å². The van der Waals surface area contributed by atoms with Crippen molar-refractivity contribution in [2.45, 2.75) is 38.1 Å². The second kappa shape index (κ2) is 14.3. The molecule has 0 saturated carbocycles. The van der Waals surface area contributed by atoms with Crippen molar-refractivity contribution >= 4 is 23.6 Å². The molecule has 0 bridgehead atoms. The largest absolute Gasteiger partial charge is 0.497 e. The lowest BCUT2D eigenvalue weighted by Crippen LogP contribution is -2.51. The Labute approximate surface area is 217 Å². The summed E-state index contributed by atoms with van der Waals surface area (Å²) in [5, 5.41) is 2.94. The standard InChI is InChI=1S/C29H33FN2O3S/c1-3-17-31-29(34)27(18-22-9-5-4-6-10-22)32(19-24-11-7-8-12-26(24)30)28(33)21-36-20-23-13-15-25(35-2)16-14-23/h4-16,27H,3,17-21H2,1-2H3,(H,31,34)/t27-/m0/s1. The van der Waals surface area contributed by atoms with Crippen molar-refractivity contribution in [3.63, 3.8) is 0 Å². The summed E-state index contributed by atoms with van der Waals surface area (Å²) in [6, 6.07) is 22.9. The summed E-state index contributed by atoms with van der Waals surface area (Å²) in [5.74, 6) is 0.753. The molecule has 0 aliphatic carbocycles. The second-order valence-electron chi connectivity index (χ2n) is 8.45. The molecular formula is C29H33FN2O3S. The maximum absolute atomic E-state index is 14.6. The molecule has 0 fully saturated rings. The first kappa shape index (κ1) is 27.3. The van der Waals surface area contributed by atoms with Crippen LogP contribution in [-0.4, -0.2) is 42.2 Å². The number of benzene rings is 3. The van der Waals surface area contributed by atoms with Crippen LogP contribution in [0.3, 0.4) is 0 Å². The van der Waals surface area contributed by atoms with Crippen LogP contribution in [0.15, 0.2) is 78.9 Å². The molecule has 0 aliphatic heterocycles. The first-order valence-corrected chi connectivity index (χ1v) is 13.2. The molecule has 0 heterocycles. The van der Waals surface area contributed by atoms with Gasteiger partial charge in [-0.2, -0.15) is 0 Å². The molecule has 3 aromatic carbocycles. The van der Waals surface area contributed by atoms with Gasteiger partial charge in [0.05, 0.1) is 12.9 Å². The number of nitrogens with zero attached hydrogens (tertiary/aromatic N) is 1. The molecule has 0 spiro atoms. The number of carbonyl (C=O) groups is 2. The fourth-order valence-electron chi connectivity index (χ4n) is 3.79. The van der Waals surface area contributed by atoms with E-state index in [1.807, 2.05) is 61.5 Å². The summed E-state index contributed by atoms with van der Waals surface area (Å²) < 4.78 is 19.8. The summed E-state index contributed by atoms with van der Waals surface area (Å²) in [5.41, 5.74) is 2.38. The van der Waals surface area contributed by atoms with Crippen LogP contribution >= 0.6 is 11.8 Å². The Balaban J connectivity index is 1.82. The van der Waals surface area contributed by atoms with Gasteiger partial charge in [0.2, 0.25) is 11.8 Å². The summed E-state index contributed by atoms with van der Waals surface area (Å²) in [4.78, 5) is 28.3. The smallest absolute Gasteiger partial charge is 0.243 e. The third-order valence-corrected chi connectivity index (χ3v) is 6.76. The van der Waals surface area contributed by atoms with Crippen molar-refractivity contribution < 1.29 is 18.7 Å². The zero-order valence-corrected chi connectivity index (χ0v) is 21.6. The molecule has 5 nitrogen and oxygen atoms in total. The van der Waals surface area contributed by atoms with Crippen LogP contribution < -0.4 is 10.1 Å². The third kappa shape index (κ3) is 8.12. The number of hydrogen-bond acceptors (Lipinski definition) is 4. The zero-order valence-electron chi connectivity index (χ0n) is 20.8. The molecule has 0 aliphatic rings. The average Bonchev–Trinajstić information content (AvgIpc) is 2.91. The van der Waals surface area contributed by atoms with Crippen LogP contribution in [0.2, 0.25) is 0 Å². The van der Waals surface area contributed by atoms with Crippen molar-refractivity contribution in [2.24, 2.45) is 0 Å². The van der Waals surface area contributed by atoms with Crippen LogP contribution in [0, 0.1) is 5.82 Å². The molecule has 1 N–H and O–H groups in total. The maximum atomic E-state index is 14.6. The monoisotopic (exact) mass is 508 g/mol. The first-order valence-electron chi connectivity index (χ1n) is 12.1. The Morgan fingerprint density at radius 1 is 0.972 bits per heavy atom. The number of thioether (sulfide) groups is 1. The SMILES string of the molecule is CCCNC(=O)[C@H](Cc1ccccc1)N(Cc1ccccc1F)C(=O)CSCc1ccc(OC)cc1. The zero-order chi connectivity index (χ0) is 25.8. The fraction of sp³-hybridized carbons (Fsp3) is 0.310. The van der Waals surface area contributed by atoms with Gasteiger partial charge in [-0.05, 0) is 35.7 Å². The molecule has 0 radical (unpaired) electrons. The number of ether oxygens (including phenoxy) is 1. The molecule has 0 saturated heterocycles. The summed E-state index contributed by atoms with van der Waals surface area (Å²) in [7, 11) is 1.62. The summed E-state index contributed by atoms with van der Waals surface area (Å²) in [6.07, 6.45) is 1.13. The van der Waals surface area contributed by atoms with Crippen LogP contribution in [0.25, 0.3) is 0 Å². The first-order chi connectivity index (χ1) is 17.5. The van der Waals surface area contributed by atoms with E-state index in [9.17, 15) is 14.0 Å². The number of nitrogens with one attached hydrogen (secondary N) is 1. The predicted octanol–water partition coefficient (Wildman–Crippen LogP) is 5.23. The van der Waals surface area contributed by atoms with E-state index < -0.39 is 11.9 Å². The molecule has 2 amide bonds. The van der Waals surface area contributed by atoms with Crippen LogP contribution in [0.1, 0.15) is 30.0 Å². The average molecular weight is 509 g/mol. The van der Waals surface area contributed by atoms with Gasteiger partial charge in [-0.15, -0.1) is 11.8 Å². The van der Waals surface area contributed by atoms with Crippen molar-refractivity contribution in [1.29, 1.82) is 0 Å². The quantitative estimate of drug-likeness (QED) is 0.343. The Morgan fingerprint density at radius 2 is 1.67 bits per heavy atom. The number of rotatable bonds is 13. The summed E-state index contributed by atoms with van der Waals surface area (Å²) >= 11 is 1.47. The van der Waals surface area contributed by atoms with Crippen LogP contribution in [0.4, 0.5) is 4.39 Å². The molecule has 0 unspecified atom stereocenters. The Bertz CT molecular complexity index is 1110. The van der Waals surface area contributed by atoms with Crippen LogP contribution in [-0.2, 0) is 28.3 Å². The Hall–Kier alpha value is -3.32. The van der Waals surface area contributed by atoms with E-state index >= 15 is 0 Å². The van der Waals surface area contributed by atoms with Gasteiger partial charge < -0.3 is 15.0 Å².